The van der Waals surface area contributed by atoms with Gasteiger partial charge in [0.15, 0.2) is 0 Å². The highest BCUT2D eigenvalue weighted by molar-refractivity contribution is 7.99. The van der Waals surface area contributed by atoms with Crippen molar-refractivity contribution in [3.8, 4) is 0 Å². The van der Waals surface area contributed by atoms with Crippen LogP contribution in [0.3, 0.4) is 0 Å². The van der Waals surface area contributed by atoms with Crippen LogP contribution < -0.4 is 11.1 Å². The summed E-state index contributed by atoms with van der Waals surface area (Å²) in [7, 11) is 0. The number of nitrogens with one attached hydrogen (secondary N) is 1. The molecule has 2 atom stereocenters. The molecule has 1 aliphatic carbocycles. The second-order valence-electron chi connectivity index (χ2n) is 8.73. The molecule has 0 saturated heterocycles. The monoisotopic (exact) mass is 430 g/mol. The Kier molecular flexibility index (Phi) is 4.71. The maximum Gasteiger partial charge on any atom is 0.145 e. The lowest BCUT2D eigenvalue weighted by Gasteiger charge is -2.17. The predicted molar refractivity (Wildman–Crippen MR) is 128 cm³/mol. The molecular formula is C24H26N6S. The van der Waals surface area contributed by atoms with E-state index in [1.54, 1.807) is 6.33 Å². The standard InChI is InChI=1S/C24H26N6S/c25-22-19-7-9-30(24(19)28-14-27-22)18-6-4-15(11-18)1-2-16-3-5-17-13-21-23(26-8-10-31-21)29-20(17)12-16/h3,5,7,9,12-15,18H,1-2,4,6,8,10-11H2,(H,26,29)(H2,25,27,28). The van der Waals surface area contributed by atoms with Crippen molar-refractivity contribution in [2.75, 3.05) is 23.3 Å². The van der Waals surface area contributed by atoms with Crippen LogP contribution >= 0.6 is 11.8 Å². The van der Waals surface area contributed by atoms with E-state index in [4.69, 9.17) is 10.7 Å². The Labute approximate surface area is 185 Å². The van der Waals surface area contributed by atoms with Crippen LogP contribution in [0.5, 0.6) is 0 Å². The van der Waals surface area contributed by atoms with E-state index in [0.29, 0.717) is 11.9 Å². The zero-order valence-corrected chi connectivity index (χ0v) is 18.2. The summed E-state index contributed by atoms with van der Waals surface area (Å²) in [6.45, 7) is 0.994. The average molecular weight is 431 g/mol. The number of fused-ring (bicyclic) bond motifs is 3. The van der Waals surface area contributed by atoms with Crippen molar-refractivity contribution in [2.45, 2.75) is 43.0 Å². The number of thioether (sulfide) groups is 1. The summed E-state index contributed by atoms with van der Waals surface area (Å²) < 4.78 is 2.31. The second-order valence-corrected chi connectivity index (χ2v) is 9.86. The molecule has 1 saturated carbocycles. The number of benzene rings is 1. The molecule has 0 amide bonds. The van der Waals surface area contributed by atoms with Crippen LogP contribution in [-0.2, 0) is 6.42 Å². The molecule has 31 heavy (non-hydrogen) atoms. The van der Waals surface area contributed by atoms with Gasteiger partial charge in [-0.25, -0.2) is 15.0 Å². The highest BCUT2D eigenvalue weighted by Gasteiger charge is 2.27. The zero-order valence-electron chi connectivity index (χ0n) is 17.4. The van der Waals surface area contributed by atoms with Gasteiger partial charge in [-0.15, -0.1) is 11.8 Å². The molecule has 4 heterocycles. The largest absolute Gasteiger partial charge is 0.383 e. The number of aryl methyl sites for hydroxylation is 1. The van der Waals surface area contributed by atoms with Crippen LogP contribution in [0.1, 0.15) is 37.3 Å². The first kappa shape index (κ1) is 18.9. The fraction of sp³-hybridized carbons (Fsp3) is 0.375. The topological polar surface area (TPSA) is 81.7 Å². The van der Waals surface area contributed by atoms with Crippen LogP contribution in [0.4, 0.5) is 11.6 Å². The molecule has 6 nitrogen and oxygen atoms in total. The molecule has 1 fully saturated rings. The van der Waals surface area contributed by atoms with E-state index >= 15 is 0 Å². The molecule has 1 aliphatic heterocycles. The molecule has 0 bridgehead atoms. The smallest absolute Gasteiger partial charge is 0.145 e. The van der Waals surface area contributed by atoms with Crippen molar-refractivity contribution in [1.82, 2.24) is 19.5 Å². The van der Waals surface area contributed by atoms with Gasteiger partial charge in [0, 0.05) is 29.9 Å². The normalized spacial score (nSPS) is 20.8. The van der Waals surface area contributed by atoms with Gasteiger partial charge in [0.1, 0.15) is 23.6 Å². The minimum absolute atomic E-state index is 0.505. The summed E-state index contributed by atoms with van der Waals surface area (Å²) in [4.78, 5) is 14.7. The summed E-state index contributed by atoms with van der Waals surface area (Å²) in [6.07, 6.45) is 9.70. The first-order chi connectivity index (χ1) is 15.2. The average Bonchev–Trinajstić information content (AvgIpc) is 3.44. The molecule has 6 rings (SSSR count). The minimum atomic E-state index is 0.505. The van der Waals surface area contributed by atoms with Crippen molar-refractivity contribution >= 4 is 45.3 Å². The highest BCUT2D eigenvalue weighted by atomic mass is 32.2. The Bertz CT molecular complexity index is 1270. The van der Waals surface area contributed by atoms with Crippen LogP contribution in [-0.4, -0.2) is 31.8 Å². The molecule has 2 aliphatic rings. The Morgan fingerprint density at radius 3 is 3.10 bits per heavy atom. The van der Waals surface area contributed by atoms with Gasteiger partial charge in [-0.1, -0.05) is 12.1 Å². The highest BCUT2D eigenvalue weighted by Crippen LogP contribution is 2.39. The quantitative estimate of drug-likeness (QED) is 0.471. The van der Waals surface area contributed by atoms with Crippen molar-refractivity contribution < 1.29 is 0 Å². The van der Waals surface area contributed by atoms with Crippen LogP contribution in [0.15, 0.2) is 47.8 Å². The molecule has 158 valence electrons. The third kappa shape index (κ3) is 3.51. The van der Waals surface area contributed by atoms with E-state index in [1.807, 2.05) is 17.8 Å². The van der Waals surface area contributed by atoms with Gasteiger partial charge in [-0.2, -0.15) is 0 Å². The van der Waals surface area contributed by atoms with Gasteiger partial charge in [0.25, 0.3) is 0 Å². The minimum Gasteiger partial charge on any atom is -0.383 e. The van der Waals surface area contributed by atoms with Gasteiger partial charge >= 0.3 is 0 Å². The van der Waals surface area contributed by atoms with Gasteiger partial charge in [-0.3, -0.25) is 0 Å². The molecule has 0 spiro atoms. The third-order valence-electron chi connectivity index (χ3n) is 6.79. The number of hydrogen-bond acceptors (Lipinski definition) is 6. The summed E-state index contributed by atoms with van der Waals surface area (Å²) in [6, 6.07) is 11.6. The number of pyridine rings is 1. The van der Waals surface area contributed by atoms with Crippen molar-refractivity contribution in [3.63, 3.8) is 0 Å². The maximum atomic E-state index is 6.01. The number of nitrogen functional groups attached to an aromatic ring is 1. The van der Waals surface area contributed by atoms with Gasteiger partial charge < -0.3 is 15.6 Å². The molecule has 2 unspecified atom stereocenters. The summed E-state index contributed by atoms with van der Waals surface area (Å²) in [5.74, 6) is 3.47. The molecule has 3 N–H and O–H groups in total. The van der Waals surface area contributed by atoms with E-state index in [1.165, 1.54) is 41.5 Å². The second kappa shape index (κ2) is 7.71. The Morgan fingerprint density at radius 2 is 2.13 bits per heavy atom. The lowest BCUT2D eigenvalue weighted by Crippen LogP contribution is -2.11. The third-order valence-corrected chi connectivity index (χ3v) is 7.82. The Hall–Kier alpha value is -2.80. The van der Waals surface area contributed by atoms with Gasteiger partial charge in [-0.05, 0) is 61.8 Å². The van der Waals surface area contributed by atoms with Gasteiger partial charge in [0.2, 0.25) is 0 Å². The predicted octanol–water partition coefficient (Wildman–Crippen LogP) is 5.05. The summed E-state index contributed by atoms with van der Waals surface area (Å²) >= 11 is 1.89. The van der Waals surface area contributed by atoms with E-state index < -0.39 is 0 Å². The number of nitrogens with zero attached hydrogens (tertiary/aromatic N) is 4. The van der Waals surface area contributed by atoms with Crippen LogP contribution in [0, 0.1) is 5.92 Å². The molecule has 0 radical (unpaired) electrons. The Morgan fingerprint density at radius 1 is 1.16 bits per heavy atom. The molecular weight excluding hydrogens is 404 g/mol. The first-order valence-electron chi connectivity index (χ1n) is 11.1. The van der Waals surface area contributed by atoms with Crippen molar-refractivity contribution in [1.29, 1.82) is 0 Å². The molecule has 7 heteroatoms. The fourth-order valence-electron chi connectivity index (χ4n) is 5.14. The number of anilines is 2. The van der Waals surface area contributed by atoms with Gasteiger partial charge in [0.05, 0.1) is 15.8 Å². The molecule has 3 aromatic heterocycles. The number of aromatic nitrogens is 4. The Balaban J connectivity index is 1.14. The SMILES string of the molecule is Nc1ncnc2c1ccn2C1CCC(CCc2ccc3cc4c(nc3c2)NCCS4)C1. The number of rotatable bonds is 4. The molecule has 1 aromatic carbocycles. The fourth-order valence-corrected chi connectivity index (χ4v) is 6.02. The number of nitrogens with two attached hydrogens (primary N) is 1. The summed E-state index contributed by atoms with van der Waals surface area (Å²) in [5.41, 5.74) is 9.47. The van der Waals surface area contributed by atoms with Crippen molar-refractivity contribution in [2.24, 2.45) is 5.92 Å². The lowest BCUT2D eigenvalue weighted by atomic mass is 9.97. The van der Waals surface area contributed by atoms with Crippen LogP contribution in [0.2, 0.25) is 0 Å². The van der Waals surface area contributed by atoms with E-state index in [2.05, 4.69) is 50.3 Å². The number of hydrogen-bond donors (Lipinski definition) is 2. The lowest BCUT2D eigenvalue weighted by molar-refractivity contribution is 0.461. The van der Waals surface area contributed by atoms with E-state index in [9.17, 15) is 0 Å². The molecule has 4 aromatic rings. The van der Waals surface area contributed by atoms with E-state index in [-0.39, 0.29) is 0 Å². The van der Waals surface area contributed by atoms with Crippen LogP contribution in [0.25, 0.3) is 21.9 Å². The van der Waals surface area contributed by atoms with Crippen molar-refractivity contribution in [3.05, 3.63) is 48.4 Å². The first-order valence-corrected chi connectivity index (χ1v) is 12.1. The summed E-state index contributed by atoms with van der Waals surface area (Å²) in [5, 5.41) is 5.63. The van der Waals surface area contributed by atoms with E-state index in [0.717, 1.165) is 47.0 Å². The zero-order chi connectivity index (χ0) is 20.8. The maximum absolute atomic E-state index is 6.01.